The van der Waals surface area contributed by atoms with Crippen LogP contribution in [0.1, 0.15) is 264 Å². The van der Waals surface area contributed by atoms with Gasteiger partial charge in [0.05, 0.1) is 18.8 Å². The van der Waals surface area contributed by atoms with Crippen molar-refractivity contribution < 1.29 is 15.0 Å². The van der Waals surface area contributed by atoms with Crippen molar-refractivity contribution in [3.05, 3.63) is 72.9 Å². The van der Waals surface area contributed by atoms with E-state index in [1.165, 1.54) is 186 Å². The predicted molar refractivity (Wildman–Crippen MR) is 271 cm³/mol. The van der Waals surface area contributed by atoms with Crippen LogP contribution in [-0.2, 0) is 4.79 Å². The molecule has 0 rings (SSSR count). The van der Waals surface area contributed by atoms with Crippen molar-refractivity contribution in [3.63, 3.8) is 0 Å². The first kappa shape index (κ1) is 58.8. The monoisotopic (exact) mass is 850 g/mol. The molecule has 0 saturated heterocycles. The van der Waals surface area contributed by atoms with Crippen LogP contribution in [0.3, 0.4) is 0 Å². The number of carbonyl (C=O) groups is 1. The van der Waals surface area contributed by atoms with Crippen molar-refractivity contribution in [3.8, 4) is 0 Å². The van der Waals surface area contributed by atoms with Crippen LogP contribution in [0, 0.1) is 0 Å². The summed E-state index contributed by atoms with van der Waals surface area (Å²) in [6, 6.07) is -0.630. The van der Waals surface area contributed by atoms with Gasteiger partial charge in [-0.1, -0.05) is 267 Å². The summed E-state index contributed by atoms with van der Waals surface area (Å²) in [5.74, 6) is -0.0707. The summed E-state index contributed by atoms with van der Waals surface area (Å²) in [6.07, 6.45) is 74.7. The van der Waals surface area contributed by atoms with E-state index >= 15 is 0 Å². The van der Waals surface area contributed by atoms with Crippen LogP contribution in [0.25, 0.3) is 0 Å². The summed E-state index contributed by atoms with van der Waals surface area (Å²) in [4.78, 5) is 12.5. The Labute approximate surface area is 380 Å². The molecule has 0 bridgehead atoms. The van der Waals surface area contributed by atoms with Gasteiger partial charge in [0, 0.05) is 6.42 Å². The number of amides is 1. The molecule has 0 aliphatic heterocycles. The minimum Gasteiger partial charge on any atom is -0.394 e. The Hall–Kier alpha value is -2.17. The van der Waals surface area contributed by atoms with E-state index in [1.54, 1.807) is 6.08 Å². The van der Waals surface area contributed by atoms with E-state index in [2.05, 4.69) is 79.9 Å². The van der Waals surface area contributed by atoms with E-state index in [0.717, 1.165) is 57.8 Å². The Bertz CT molecular complexity index is 1050. The maximum Gasteiger partial charge on any atom is 0.220 e. The zero-order valence-electron chi connectivity index (χ0n) is 40.7. The average molecular weight is 850 g/mol. The quantitative estimate of drug-likeness (QED) is 0.0422. The highest BCUT2D eigenvalue weighted by atomic mass is 16.3. The second kappa shape index (κ2) is 52.2. The van der Waals surface area contributed by atoms with Gasteiger partial charge in [0.25, 0.3) is 0 Å². The van der Waals surface area contributed by atoms with Crippen molar-refractivity contribution in [2.75, 3.05) is 6.61 Å². The Morgan fingerprint density at radius 1 is 0.410 bits per heavy atom. The Morgan fingerprint density at radius 3 is 1.08 bits per heavy atom. The molecular weight excluding hydrogens is 747 g/mol. The summed E-state index contributed by atoms with van der Waals surface area (Å²) in [6.45, 7) is 4.21. The van der Waals surface area contributed by atoms with Crippen molar-refractivity contribution in [2.24, 2.45) is 0 Å². The molecule has 1 amide bonds. The number of allylic oxidation sites excluding steroid dienone is 11. The molecule has 0 aromatic rings. The van der Waals surface area contributed by atoms with Gasteiger partial charge in [-0.2, -0.15) is 0 Å². The van der Waals surface area contributed by atoms with Gasteiger partial charge in [0.2, 0.25) is 5.91 Å². The van der Waals surface area contributed by atoms with E-state index in [-0.39, 0.29) is 12.5 Å². The fraction of sp³-hybridized carbons (Fsp3) is 0.772. The summed E-state index contributed by atoms with van der Waals surface area (Å²) >= 11 is 0. The lowest BCUT2D eigenvalue weighted by molar-refractivity contribution is -0.123. The molecule has 0 saturated carbocycles. The van der Waals surface area contributed by atoms with Gasteiger partial charge < -0.3 is 15.5 Å². The van der Waals surface area contributed by atoms with Crippen molar-refractivity contribution in [1.29, 1.82) is 0 Å². The number of hydrogen-bond acceptors (Lipinski definition) is 3. The summed E-state index contributed by atoms with van der Waals surface area (Å²) in [5, 5.41) is 23.2. The van der Waals surface area contributed by atoms with E-state index in [4.69, 9.17) is 0 Å². The first-order valence-electron chi connectivity index (χ1n) is 26.7. The third-order valence-corrected chi connectivity index (χ3v) is 11.9. The molecule has 61 heavy (non-hydrogen) atoms. The van der Waals surface area contributed by atoms with Crippen LogP contribution in [0.4, 0.5) is 0 Å². The van der Waals surface area contributed by atoms with Crippen LogP contribution in [0.2, 0.25) is 0 Å². The van der Waals surface area contributed by atoms with Crippen LogP contribution in [-0.4, -0.2) is 34.9 Å². The van der Waals surface area contributed by atoms with Crippen molar-refractivity contribution in [1.82, 2.24) is 5.32 Å². The van der Waals surface area contributed by atoms with Gasteiger partial charge in [-0.05, 0) is 64.2 Å². The van der Waals surface area contributed by atoms with Gasteiger partial charge in [-0.25, -0.2) is 0 Å². The SMILES string of the molecule is CC/C=C\C/C=C\C/C=C\C/C=C\C/C=C\CCCCCCCCCCCC(=O)NC(CO)C(O)/C=C/CCCCCCCCCCCCCCCCCCCCCCCC. The minimum absolute atomic E-state index is 0.0707. The number of carbonyl (C=O) groups excluding carboxylic acids is 1. The van der Waals surface area contributed by atoms with Crippen LogP contribution in [0.15, 0.2) is 72.9 Å². The minimum atomic E-state index is -0.847. The van der Waals surface area contributed by atoms with E-state index in [1.807, 2.05) is 6.08 Å². The molecule has 0 aromatic heterocycles. The lowest BCUT2D eigenvalue weighted by atomic mass is 10.0. The van der Waals surface area contributed by atoms with Gasteiger partial charge in [0.15, 0.2) is 0 Å². The molecular formula is C57H103NO3. The summed E-state index contributed by atoms with van der Waals surface area (Å²) in [7, 11) is 0. The number of hydrogen-bond donors (Lipinski definition) is 3. The molecule has 2 unspecified atom stereocenters. The third kappa shape index (κ3) is 48.7. The smallest absolute Gasteiger partial charge is 0.220 e. The normalized spacial score (nSPS) is 13.4. The maximum absolute atomic E-state index is 12.5. The molecule has 0 heterocycles. The molecule has 3 N–H and O–H groups in total. The van der Waals surface area contributed by atoms with E-state index < -0.39 is 12.1 Å². The number of aliphatic hydroxyl groups excluding tert-OH is 2. The molecule has 4 heteroatoms. The van der Waals surface area contributed by atoms with Crippen molar-refractivity contribution in [2.45, 2.75) is 276 Å². The Kier molecular flexibility index (Phi) is 50.3. The molecule has 0 radical (unpaired) electrons. The van der Waals surface area contributed by atoms with Gasteiger partial charge in [-0.15, -0.1) is 0 Å². The number of nitrogens with one attached hydrogen (secondary N) is 1. The molecule has 0 aromatic carbocycles. The van der Waals surface area contributed by atoms with Crippen molar-refractivity contribution >= 4 is 5.91 Å². The highest BCUT2D eigenvalue weighted by Gasteiger charge is 2.18. The van der Waals surface area contributed by atoms with E-state index in [0.29, 0.717) is 6.42 Å². The second-order valence-electron chi connectivity index (χ2n) is 17.9. The van der Waals surface area contributed by atoms with Crippen LogP contribution < -0.4 is 5.32 Å². The Morgan fingerprint density at radius 2 is 0.721 bits per heavy atom. The largest absolute Gasteiger partial charge is 0.394 e. The lowest BCUT2D eigenvalue weighted by Crippen LogP contribution is -2.45. The first-order valence-corrected chi connectivity index (χ1v) is 26.7. The van der Waals surface area contributed by atoms with Crippen LogP contribution in [0.5, 0.6) is 0 Å². The molecule has 354 valence electrons. The zero-order chi connectivity index (χ0) is 44.2. The number of aliphatic hydroxyl groups is 2. The molecule has 0 spiro atoms. The Balaban J connectivity index is 3.55. The average Bonchev–Trinajstić information content (AvgIpc) is 3.26. The van der Waals surface area contributed by atoms with E-state index in [9.17, 15) is 15.0 Å². The third-order valence-electron chi connectivity index (χ3n) is 11.9. The van der Waals surface area contributed by atoms with Crippen LogP contribution >= 0.6 is 0 Å². The number of unbranched alkanes of at least 4 members (excludes halogenated alkanes) is 31. The summed E-state index contributed by atoms with van der Waals surface area (Å²) < 4.78 is 0. The molecule has 2 atom stereocenters. The molecule has 0 aliphatic rings. The molecule has 0 aliphatic carbocycles. The van der Waals surface area contributed by atoms with Gasteiger partial charge in [-0.3, -0.25) is 4.79 Å². The predicted octanol–water partition coefficient (Wildman–Crippen LogP) is 17.4. The first-order chi connectivity index (χ1) is 30.2. The maximum atomic E-state index is 12.5. The van der Waals surface area contributed by atoms with Gasteiger partial charge >= 0.3 is 0 Å². The lowest BCUT2D eigenvalue weighted by Gasteiger charge is -2.20. The second-order valence-corrected chi connectivity index (χ2v) is 17.9. The number of rotatable bonds is 48. The standard InChI is InChI=1S/C57H103NO3/c1-3-5-7-9-11-13-15-17-19-21-23-25-27-29-31-33-35-37-39-41-43-45-47-49-51-53-57(61)58-55(54-59)56(60)52-50-48-46-44-42-40-38-36-34-32-30-28-26-24-22-20-18-16-14-12-10-8-6-4-2/h5,7,11,13,17,19,23,25,29,31,50,52,55-56,59-60H,3-4,6,8-10,12,14-16,18,20-22,24,26-28,30,32-49,51,53-54H2,1-2H3,(H,58,61)/b7-5-,13-11-,19-17-,25-23-,31-29-,52-50+. The van der Waals surface area contributed by atoms with Gasteiger partial charge in [0.1, 0.15) is 0 Å². The molecule has 0 fully saturated rings. The highest BCUT2D eigenvalue weighted by molar-refractivity contribution is 5.76. The summed E-state index contributed by atoms with van der Waals surface area (Å²) in [5.41, 5.74) is 0. The topological polar surface area (TPSA) is 69.6 Å². The fourth-order valence-electron chi connectivity index (χ4n) is 7.91. The fourth-order valence-corrected chi connectivity index (χ4v) is 7.91. The molecule has 4 nitrogen and oxygen atoms in total. The highest BCUT2D eigenvalue weighted by Crippen LogP contribution is 2.16. The zero-order valence-corrected chi connectivity index (χ0v) is 40.7.